The van der Waals surface area contributed by atoms with Gasteiger partial charge in [0.25, 0.3) is 0 Å². The van der Waals surface area contributed by atoms with Crippen molar-refractivity contribution in [3.8, 4) is 11.4 Å². The lowest BCUT2D eigenvalue weighted by Gasteiger charge is -2.42. The molecular weight excluding hydrogens is 286 g/mol. The van der Waals surface area contributed by atoms with Crippen molar-refractivity contribution in [3.05, 3.63) is 16.3 Å². The zero-order valence-electron chi connectivity index (χ0n) is 12.3. The molecule has 7 heteroatoms. The molecule has 1 N–H and O–H groups in total. The highest BCUT2D eigenvalue weighted by molar-refractivity contribution is 7.10. The molecule has 2 aromatic rings. The van der Waals surface area contributed by atoms with E-state index in [-0.39, 0.29) is 11.3 Å². The Balaban J connectivity index is 1.68. The number of thiophene rings is 1. The van der Waals surface area contributed by atoms with E-state index in [0.717, 1.165) is 29.7 Å². The first-order valence-corrected chi connectivity index (χ1v) is 8.09. The summed E-state index contributed by atoms with van der Waals surface area (Å²) in [5.74, 6) is 0.876. The molecule has 0 aliphatic heterocycles. The zero-order chi connectivity index (χ0) is 14.9. The Hall–Kier alpha value is -1.76. The zero-order valence-corrected chi connectivity index (χ0v) is 13.1. The number of hydrogen-bond donors (Lipinski definition) is 1. The van der Waals surface area contributed by atoms with Crippen LogP contribution in [0.2, 0.25) is 0 Å². The van der Waals surface area contributed by atoms with Crippen LogP contribution in [0.15, 0.2) is 11.4 Å². The summed E-state index contributed by atoms with van der Waals surface area (Å²) in [6.07, 6.45) is 4.18. The van der Waals surface area contributed by atoms with Crippen molar-refractivity contribution in [2.45, 2.75) is 39.2 Å². The van der Waals surface area contributed by atoms with Gasteiger partial charge in [0.2, 0.25) is 11.7 Å². The van der Waals surface area contributed by atoms with Gasteiger partial charge in [0.15, 0.2) is 0 Å². The first-order chi connectivity index (χ1) is 10.1. The highest BCUT2D eigenvalue weighted by Gasteiger charge is 2.43. The van der Waals surface area contributed by atoms with Crippen molar-refractivity contribution in [2.24, 2.45) is 5.41 Å². The van der Waals surface area contributed by atoms with Crippen molar-refractivity contribution < 1.29 is 4.79 Å². The third-order valence-corrected chi connectivity index (χ3v) is 5.36. The van der Waals surface area contributed by atoms with Gasteiger partial charge < -0.3 is 4.90 Å². The van der Waals surface area contributed by atoms with E-state index in [0.29, 0.717) is 12.4 Å². The van der Waals surface area contributed by atoms with Gasteiger partial charge in [-0.25, -0.2) is 0 Å². The monoisotopic (exact) mass is 305 g/mol. The standard InChI is InChI=1S/C14H19N5OS/c1-3-14(5-4-6-14)13(20)19(2)8-11-7-10(9-21-11)12-15-17-18-16-12/h7,9H,3-6,8H2,1-2H3,(H,15,16,17,18). The second-order valence-corrected chi connectivity index (χ2v) is 6.68. The van der Waals surface area contributed by atoms with Gasteiger partial charge in [0.05, 0.1) is 6.54 Å². The lowest BCUT2D eigenvalue weighted by atomic mass is 9.66. The summed E-state index contributed by atoms with van der Waals surface area (Å²) >= 11 is 1.62. The molecule has 1 saturated carbocycles. The molecule has 1 amide bonds. The lowest BCUT2D eigenvalue weighted by Crippen LogP contribution is -2.45. The maximum atomic E-state index is 12.6. The predicted molar refractivity (Wildman–Crippen MR) is 80.5 cm³/mol. The Morgan fingerprint density at radius 1 is 1.52 bits per heavy atom. The molecular formula is C14H19N5OS. The number of aromatic amines is 1. The number of amides is 1. The van der Waals surface area contributed by atoms with Gasteiger partial charge in [0.1, 0.15) is 0 Å². The summed E-state index contributed by atoms with van der Waals surface area (Å²) in [4.78, 5) is 15.6. The predicted octanol–water partition coefficient (Wildman–Crippen LogP) is 2.47. The first-order valence-electron chi connectivity index (χ1n) is 7.21. The minimum atomic E-state index is -0.0947. The molecule has 0 spiro atoms. The quantitative estimate of drug-likeness (QED) is 0.921. The number of nitrogens with one attached hydrogen (secondary N) is 1. The topological polar surface area (TPSA) is 74.8 Å². The molecule has 0 atom stereocenters. The summed E-state index contributed by atoms with van der Waals surface area (Å²) in [6.45, 7) is 2.76. The molecule has 6 nitrogen and oxygen atoms in total. The van der Waals surface area contributed by atoms with Crippen LogP contribution in [0.25, 0.3) is 11.4 Å². The van der Waals surface area contributed by atoms with E-state index in [1.165, 1.54) is 6.42 Å². The minimum absolute atomic E-state index is 0.0947. The number of hydrogen-bond acceptors (Lipinski definition) is 5. The van der Waals surface area contributed by atoms with Crippen LogP contribution in [-0.2, 0) is 11.3 Å². The number of carbonyl (C=O) groups is 1. The maximum absolute atomic E-state index is 12.6. The lowest BCUT2D eigenvalue weighted by molar-refractivity contribution is -0.146. The molecule has 0 radical (unpaired) electrons. The molecule has 0 aromatic carbocycles. The molecule has 112 valence electrons. The van der Waals surface area contributed by atoms with Crippen LogP contribution in [0, 0.1) is 5.41 Å². The summed E-state index contributed by atoms with van der Waals surface area (Å²) < 4.78 is 0. The van der Waals surface area contributed by atoms with Crippen LogP contribution in [-0.4, -0.2) is 38.5 Å². The minimum Gasteiger partial charge on any atom is -0.340 e. The Labute approximate surface area is 127 Å². The van der Waals surface area contributed by atoms with Gasteiger partial charge in [0, 0.05) is 28.3 Å². The van der Waals surface area contributed by atoms with Gasteiger partial charge in [-0.05, 0) is 30.5 Å². The third-order valence-electron chi connectivity index (χ3n) is 4.44. The van der Waals surface area contributed by atoms with Gasteiger partial charge in [-0.1, -0.05) is 13.3 Å². The van der Waals surface area contributed by atoms with Gasteiger partial charge in [-0.3, -0.25) is 4.79 Å². The molecule has 1 aliphatic carbocycles. The average Bonchev–Trinajstić information content (AvgIpc) is 3.07. The summed E-state index contributed by atoms with van der Waals surface area (Å²) in [6, 6.07) is 2.03. The molecule has 2 aromatic heterocycles. The van der Waals surface area contributed by atoms with Crippen LogP contribution < -0.4 is 0 Å². The van der Waals surface area contributed by atoms with E-state index in [1.807, 2.05) is 23.4 Å². The number of rotatable bonds is 5. The maximum Gasteiger partial charge on any atom is 0.228 e. The number of carbonyl (C=O) groups excluding carboxylic acids is 1. The second kappa shape index (κ2) is 5.55. The summed E-state index contributed by atoms with van der Waals surface area (Å²) in [5.41, 5.74) is 0.848. The van der Waals surface area contributed by atoms with E-state index in [1.54, 1.807) is 11.3 Å². The van der Waals surface area contributed by atoms with Crippen molar-refractivity contribution in [3.63, 3.8) is 0 Å². The fourth-order valence-corrected chi connectivity index (χ4v) is 3.81. The number of nitrogens with zero attached hydrogens (tertiary/aromatic N) is 4. The first kappa shape index (κ1) is 14.2. The van der Waals surface area contributed by atoms with Gasteiger partial charge in [-0.2, -0.15) is 5.21 Å². The summed E-state index contributed by atoms with van der Waals surface area (Å²) in [7, 11) is 1.89. The fourth-order valence-electron chi connectivity index (χ4n) is 2.90. The number of tetrazole rings is 1. The molecule has 1 aliphatic rings. The van der Waals surface area contributed by atoms with Crippen molar-refractivity contribution >= 4 is 17.2 Å². The number of aromatic nitrogens is 4. The molecule has 0 saturated heterocycles. The molecule has 21 heavy (non-hydrogen) atoms. The smallest absolute Gasteiger partial charge is 0.228 e. The second-order valence-electron chi connectivity index (χ2n) is 5.69. The van der Waals surface area contributed by atoms with E-state index in [4.69, 9.17) is 0 Å². The highest BCUT2D eigenvalue weighted by Crippen LogP contribution is 2.45. The number of H-pyrrole nitrogens is 1. The van der Waals surface area contributed by atoms with Crippen LogP contribution in [0.3, 0.4) is 0 Å². The normalized spacial score (nSPS) is 16.5. The van der Waals surface area contributed by atoms with E-state index >= 15 is 0 Å². The average molecular weight is 305 g/mol. The Bertz CT molecular complexity index is 612. The Morgan fingerprint density at radius 3 is 2.90 bits per heavy atom. The van der Waals surface area contributed by atoms with Crippen molar-refractivity contribution in [1.82, 2.24) is 25.5 Å². The third kappa shape index (κ3) is 2.57. The van der Waals surface area contributed by atoms with Crippen LogP contribution >= 0.6 is 11.3 Å². The van der Waals surface area contributed by atoms with E-state index < -0.39 is 0 Å². The van der Waals surface area contributed by atoms with Crippen LogP contribution in [0.5, 0.6) is 0 Å². The molecule has 1 fully saturated rings. The molecule has 0 bridgehead atoms. The van der Waals surface area contributed by atoms with Crippen LogP contribution in [0.4, 0.5) is 0 Å². The fraction of sp³-hybridized carbons (Fsp3) is 0.571. The van der Waals surface area contributed by atoms with E-state index in [9.17, 15) is 4.79 Å². The van der Waals surface area contributed by atoms with Gasteiger partial charge in [-0.15, -0.1) is 21.5 Å². The highest BCUT2D eigenvalue weighted by atomic mass is 32.1. The Kier molecular flexibility index (Phi) is 3.75. The van der Waals surface area contributed by atoms with Crippen molar-refractivity contribution in [2.75, 3.05) is 7.05 Å². The molecule has 3 rings (SSSR count). The van der Waals surface area contributed by atoms with Crippen LogP contribution in [0.1, 0.15) is 37.5 Å². The van der Waals surface area contributed by atoms with Gasteiger partial charge >= 0.3 is 0 Å². The Morgan fingerprint density at radius 2 is 2.33 bits per heavy atom. The molecule has 2 heterocycles. The summed E-state index contributed by atoms with van der Waals surface area (Å²) in [5, 5.41) is 15.9. The SMILES string of the molecule is CCC1(C(=O)N(C)Cc2cc(-c3nn[nH]n3)cs2)CCC1. The van der Waals surface area contributed by atoms with Crippen molar-refractivity contribution in [1.29, 1.82) is 0 Å². The van der Waals surface area contributed by atoms with E-state index in [2.05, 4.69) is 27.5 Å². The largest absolute Gasteiger partial charge is 0.340 e. The molecule has 0 unspecified atom stereocenters.